The van der Waals surface area contributed by atoms with Gasteiger partial charge in [0.05, 0.1) is 17.3 Å². The Kier molecular flexibility index (Phi) is 4.07. The second kappa shape index (κ2) is 5.41. The zero-order chi connectivity index (χ0) is 13.3. The molecule has 0 saturated carbocycles. The smallest absolute Gasteiger partial charge is 0.101 e. The summed E-state index contributed by atoms with van der Waals surface area (Å²) in [6.07, 6.45) is 2.73. The molecule has 0 aliphatic heterocycles. The standard InChI is InChI=1S/C13H15BrClN3/c1-4-11(15)12-7-18(17-16-12)13-9(3)5-8(2)6-10(13)14/h5-7,11H,4H2,1-3H3. The van der Waals surface area contributed by atoms with Crippen molar-refractivity contribution < 1.29 is 0 Å². The molecule has 18 heavy (non-hydrogen) atoms. The summed E-state index contributed by atoms with van der Waals surface area (Å²) in [6, 6.07) is 4.20. The molecule has 1 aromatic heterocycles. The molecule has 0 saturated heterocycles. The lowest BCUT2D eigenvalue weighted by atomic mass is 10.1. The molecule has 0 N–H and O–H groups in total. The summed E-state index contributed by atoms with van der Waals surface area (Å²) in [6.45, 7) is 6.16. The molecular weight excluding hydrogens is 314 g/mol. The van der Waals surface area contributed by atoms with Gasteiger partial charge in [0.2, 0.25) is 0 Å². The molecule has 0 fully saturated rings. The number of alkyl halides is 1. The van der Waals surface area contributed by atoms with Crippen LogP contribution in [0.3, 0.4) is 0 Å². The molecule has 0 radical (unpaired) electrons. The molecule has 0 bridgehead atoms. The van der Waals surface area contributed by atoms with E-state index in [1.54, 1.807) is 4.68 Å². The average Bonchev–Trinajstić information content (AvgIpc) is 2.76. The Labute approximate surface area is 120 Å². The van der Waals surface area contributed by atoms with Crippen molar-refractivity contribution in [3.63, 3.8) is 0 Å². The Hall–Kier alpha value is -0.870. The summed E-state index contributed by atoms with van der Waals surface area (Å²) in [5.74, 6) is 0. The van der Waals surface area contributed by atoms with Crippen LogP contribution in [-0.2, 0) is 0 Å². The van der Waals surface area contributed by atoms with Crippen molar-refractivity contribution >= 4 is 27.5 Å². The molecular formula is C13H15BrClN3. The Morgan fingerprint density at radius 2 is 2.11 bits per heavy atom. The van der Waals surface area contributed by atoms with Gasteiger partial charge in [-0.15, -0.1) is 16.7 Å². The van der Waals surface area contributed by atoms with E-state index in [0.29, 0.717) is 0 Å². The molecule has 1 heterocycles. The quantitative estimate of drug-likeness (QED) is 0.785. The first-order valence-corrected chi connectivity index (χ1v) is 7.09. The molecule has 0 aliphatic rings. The predicted molar refractivity (Wildman–Crippen MR) is 77.4 cm³/mol. The van der Waals surface area contributed by atoms with Crippen LogP contribution >= 0.6 is 27.5 Å². The highest BCUT2D eigenvalue weighted by molar-refractivity contribution is 9.10. The normalized spacial score (nSPS) is 12.7. The molecule has 1 unspecified atom stereocenters. The summed E-state index contributed by atoms with van der Waals surface area (Å²) in [5.41, 5.74) is 4.19. The molecule has 2 aromatic rings. The number of halogens is 2. The van der Waals surface area contributed by atoms with Gasteiger partial charge in [-0.3, -0.25) is 0 Å². The number of benzene rings is 1. The highest BCUT2D eigenvalue weighted by Gasteiger charge is 2.13. The third kappa shape index (κ3) is 2.59. The number of hydrogen-bond acceptors (Lipinski definition) is 2. The zero-order valence-corrected chi connectivity index (χ0v) is 13.0. The first-order chi connectivity index (χ1) is 8.52. The molecule has 0 amide bonds. The monoisotopic (exact) mass is 327 g/mol. The number of aromatic nitrogens is 3. The second-order valence-corrected chi connectivity index (χ2v) is 5.76. The molecule has 96 valence electrons. The predicted octanol–water partition coefficient (Wildman–Crippen LogP) is 4.34. The van der Waals surface area contributed by atoms with E-state index in [2.05, 4.69) is 52.2 Å². The lowest BCUT2D eigenvalue weighted by Gasteiger charge is -2.09. The van der Waals surface area contributed by atoms with Crippen LogP contribution in [0.4, 0.5) is 0 Å². The van der Waals surface area contributed by atoms with Crippen LogP contribution in [0.15, 0.2) is 22.8 Å². The SMILES string of the molecule is CCC(Cl)c1cn(-c2c(C)cc(C)cc2Br)nn1. The van der Waals surface area contributed by atoms with Gasteiger partial charge >= 0.3 is 0 Å². The van der Waals surface area contributed by atoms with Crippen molar-refractivity contribution in [3.05, 3.63) is 39.6 Å². The van der Waals surface area contributed by atoms with E-state index < -0.39 is 0 Å². The fourth-order valence-corrected chi connectivity index (χ4v) is 2.89. The maximum Gasteiger partial charge on any atom is 0.101 e. The second-order valence-electron chi connectivity index (χ2n) is 4.38. The van der Waals surface area contributed by atoms with E-state index >= 15 is 0 Å². The summed E-state index contributed by atoms with van der Waals surface area (Å²) >= 11 is 9.75. The first kappa shape index (κ1) is 13.6. The van der Waals surface area contributed by atoms with E-state index in [1.807, 2.05) is 13.1 Å². The van der Waals surface area contributed by atoms with Gasteiger partial charge in [0.1, 0.15) is 5.69 Å². The summed E-state index contributed by atoms with van der Waals surface area (Å²) < 4.78 is 2.79. The molecule has 3 nitrogen and oxygen atoms in total. The highest BCUT2D eigenvalue weighted by atomic mass is 79.9. The van der Waals surface area contributed by atoms with Crippen molar-refractivity contribution in [1.82, 2.24) is 15.0 Å². The summed E-state index contributed by atoms with van der Waals surface area (Å²) in [7, 11) is 0. The van der Waals surface area contributed by atoms with Crippen LogP contribution in [0.2, 0.25) is 0 Å². The van der Waals surface area contributed by atoms with Crippen molar-refractivity contribution in [2.45, 2.75) is 32.6 Å². The Morgan fingerprint density at radius 1 is 1.39 bits per heavy atom. The summed E-state index contributed by atoms with van der Waals surface area (Å²) in [5, 5.41) is 8.21. The maximum atomic E-state index is 6.17. The van der Waals surface area contributed by atoms with Crippen LogP contribution < -0.4 is 0 Å². The molecule has 0 spiro atoms. The largest absolute Gasteiger partial charge is 0.219 e. The summed E-state index contributed by atoms with van der Waals surface area (Å²) in [4.78, 5) is 0. The molecule has 0 aliphatic carbocycles. The lowest BCUT2D eigenvalue weighted by Crippen LogP contribution is -2.00. The highest BCUT2D eigenvalue weighted by Crippen LogP contribution is 2.27. The fourth-order valence-electron chi connectivity index (χ4n) is 1.94. The maximum absolute atomic E-state index is 6.17. The van der Waals surface area contributed by atoms with Crippen LogP contribution in [-0.4, -0.2) is 15.0 Å². The third-order valence-electron chi connectivity index (χ3n) is 2.82. The Bertz CT molecular complexity index is 542. The van der Waals surface area contributed by atoms with Gasteiger partial charge in [0.25, 0.3) is 0 Å². The van der Waals surface area contributed by atoms with E-state index in [4.69, 9.17) is 11.6 Å². The molecule has 1 atom stereocenters. The van der Waals surface area contributed by atoms with Gasteiger partial charge in [-0.2, -0.15) is 0 Å². The number of nitrogens with zero attached hydrogens (tertiary/aromatic N) is 3. The van der Waals surface area contributed by atoms with E-state index in [0.717, 1.165) is 27.8 Å². The minimum Gasteiger partial charge on any atom is -0.219 e. The van der Waals surface area contributed by atoms with E-state index in [1.165, 1.54) is 5.56 Å². The third-order valence-corrected chi connectivity index (χ3v) is 3.95. The van der Waals surface area contributed by atoms with Crippen molar-refractivity contribution in [1.29, 1.82) is 0 Å². The Morgan fingerprint density at radius 3 is 2.72 bits per heavy atom. The number of hydrogen-bond donors (Lipinski definition) is 0. The Balaban J connectivity index is 2.46. The zero-order valence-electron chi connectivity index (χ0n) is 10.6. The van der Waals surface area contributed by atoms with Gasteiger partial charge in [-0.25, -0.2) is 4.68 Å². The first-order valence-electron chi connectivity index (χ1n) is 5.86. The van der Waals surface area contributed by atoms with Crippen LogP contribution in [0, 0.1) is 13.8 Å². The van der Waals surface area contributed by atoms with Crippen molar-refractivity contribution in [3.8, 4) is 5.69 Å². The molecule has 5 heteroatoms. The van der Waals surface area contributed by atoms with Crippen molar-refractivity contribution in [2.24, 2.45) is 0 Å². The molecule has 2 rings (SSSR count). The van der Waals surface area contributed by atoms with Gasteiger partial charge in [0, 0.05) is 4.47 Å². The van der Waals surface area contributed by atoms with Crippen molar-refractivity contribution in [2.75, 3.05) is 0 Å². The van der Waals surface area contributed by atoms with Gasteiger partial charge in [-0.05, 0) is 53.4 Å². The topological polar surface area (TPSA) is 30.7 Å². The van der Waals surface area contributed by atoms with Gasteiger partial charge in [0.15, 0.2) is 0 Å². The van der Waals surface area contributed by atoms with Crippen LogP contribution in [0.5, 0.6) is 0 Å². The van der Waals surface area contributed by atoms with E-state index in [9.17, 15) is 0 Å². The minimum atomic E-state index is -0.0803. The van der Waals surface area contributed by atoms with Crippen LogP contribution in [0.25, 0.3) is 5.69 Å². The van der Waals surface area contributed by atoms with Crippen LogP contribution in [0.1, 0.15) is 35.5 Å². The number of aryl methyl sites for hydroxylation is 2. The van der Waals surface area contributed by atoms with Gasteiger partial charge in [-0.1, -0.05) is 18.2 Å². The van der Waals surface area contributed by atoms with Gasteiger partial charge < -0.3 is 0 Å². The number of rotatable bonds is 3. The molecule has 1 aromatic carbocycles. The average molecular weight is 329 g/mol. The van der Waals surface area contributed by atoms with E-state index in [-0.39, 0.29) is 5.38 Å². The minimum absolute atomic E-state index is 0.0803. The fraction of sp³-hybridized carbons (Fsp3) is 0.385. The lowest BCUT2D eigenvalue weighted by molar-refractivity contribution is 0.780.